The van der Waals surface area contributed by atoms with Crippen molar-refractivity contribution in [2.24, 2.45) is 0 Å². The lowest BCUT2D eigenvalue weighted by Gasteiger charge is -2.32. The van der Waals surface area contributed by atoms with E-state index >= 15 is 0 Å². The molecule has 0 saturated heterocycles. The van der Waals surface area contributed by atoms with E-state index in [1.165, 1.54) is 6.26 Å². The maximum atomic E-state index is 13.5. The molecular weight excluding hydrogens is 396 g/mol. The monoisotopic (exact) mass is 428 g/mol. The summed E-state index contributed by atoms with van der Waals surface area (Å²) in [4.78, 5) is 28.4. The fourth-order valence-corrected chi connectivity index (χ4v) is 3.98. The van der Waals surface area contributed by atoms with Crippen molar-refractivity contribution in [3.8, 4) is 5.75 Å². The van der Waals surface area contributed by atoms with E-state index in [1.807, 2.05) is 19.1 Å². The summed E-state index contributed by atoms with van der Waals surface area (Å²) in [5.41, 5.74) is 0.729. The van der Waals surface area contributed by atoms with Gasteiger partial charge in [0, 0.05) is 25.8 Å². The van der Waals surface area contributed by atoms with Gasteiger partial charge in [0.05, 0.1) is 13.4 Å². The van der Waals surface area contributed by atoms with Crippen molar-refractivity contribution < 1.29 is 23.5 Å². The lowest BCUT2D eigenvalue weighted by molar-refractivity contribution is -0.126. The molecule has 31 heavy (non-hydrogen) atoms. The molecule has 1 saturated carbocycles. The van der Waals surface area contributed by atoms with Gasteiger partial charge in [0.1, 0.15) is 11.8 Å². The fourth-order valence-electron chi connectivity index (χ4n) is 3.98. The van der Waals surface area contributed by atoms with Crippen molar-refractivity contribution in [3.63, 3.8) is 0 Å². The highest BCUT2D eigenvalue weighted by Gasteiger charge is 2.34. The number of carbonyl (C=O) groups is 2. The van der Waals surface area contributed by atoms with E-state index < -0.39 is 6.04 Å². The number of amides is 2. The maximum absolute atomic E-state index is 13.5. The van der Waals surface area contributed by atoms with Gasteiger partial charge in [-0.15, -0.1) is 0 Å². The molecular formula is C24H32N2O5. The first kappa shape index (κ1) is 22.9. The van der Waals surface area contributed by atoms with E-state index in [4.69, 9.17) is 13.9 Å². The molecule has 1 aromatic carbocycles. The minimum Gasteiger partial charge on any atom is -0.497 e. The molecule has 3 rings (SSSR count). The Morgan fingerprint density at radius 1 is 1.19 bits per heavy atom. The molecule has 1 aliphatic carbocycles. The summed E-state index contributed by atoms with van der Waals surface area (Å²) in [6.45, 7) is 3.42. The summed E-state index contributed by atoms with van der Waals surface area (Å²) in [5, 5.41) is 3.16. The normalized spacial score (nSPS) is 14.9. The maximum Gasteiger partial charge on any atom is 0.290 e. The van der Waals surface area contributed by atoms with Crippen LogP contribution in [-0.4, -0.2) is 49.6 Å². The van der Waals surface area contributed by atoms with E-state index in [-0.39, 0.29) is 23.6 Å². The number of nitrogens with zero attached hydrogens (tertiary/aromatic N) is 1. The molecule has 0 unspecified atom stereocenters. The predicted octanol–water partition coefficient (Wildman–Crippen LogP) is 3.96. The van der Waals surface area contributed by atoms with Crippen LogP contribution in [0.4, 0.5) is 0 Å². The Bertz CT molecular complexity index is 813. The summed E-state index contributed by atoms with van der Waals surface area (Å²) in [6.07, 6.45) is 6.24. The first-order chi connectivity index (χ1) is 15.1. The molecule has 1 heterocycles. The highest BCUT2D eigenvalue weighted by atomic mass is 16.5. The smallest absolute Gasteiger partial charge is 0.290 e. The Kier molecular flexibility index (Phi) is 8.53. The second-order valence-corrected chi connectivity index (χ2v) is 7.69. The van der Waals surface area contributed by atoms with Gasteiger partial charge in [-0.3, -0.25) is 9.59 Å². The molecule has 168 valence electrons. The van der Waals surface area contributed by atoms with Crippen molar-refractivity contribution in [3.05, 3.63) is 54.0 Å². The Labute approximate surface area is 183 Å². The first-order valence-corrected chi connectivity index (χ1v) is 11.0. The van der Waals surface area contributed by atoms with Gasteiger partial charge in [-0.2, -0.15) is 0 Å². The van der Waals surface area contributed by atoms with Crippen molar-refractivity contribution in [2.75, 3.05) is 26.9 Å². The van der Waals surface area contributed by atoms with Crippen LogP contribution in [0.2, 0.25) is 0 Å². The third kappa shape index (κ3) is 6.10. The van der Waals surface area contributed by atoms with Gasteiger partial charge in [0.15, 0.2) is 5.76 Å². The highest BCUT2D eigenvalue weighted by Crippen LogP contribution is 2.27. The van der Waals surface area contributed by atoms with E-state index in [1.54, 1.807) is 36.3 Å². The molecule has 0 aliphatic heterocycles. The van der Waals surface area contributed by atoms with Crippen LogP contribution in [0.5, 0.6) is 5.75 Å². The van der Waals surface area contributed by atoms with Gasteiger partial charge in [-0.25, -0.2) is 0 Å². The van der Waals surface area contributed by atoms with Crippen LogP contribution in [0.1, 0.15) is 61.2 Å². The Hall–Kier alpha value is -2.80. The SMILES string of the molecule is CCOCCCN(C(=O)c1ccco1)[C@H](C(=O)NC1CCCC1)c1ccc(OC)cc1. The van der Waals surface area contributed by atoms with Crippen LogP contribution >= 0.6 is 0 Å². The Morgan fingerprint density at radius 2 is 1.94 bits per heavy atom. The molecule has 0 bridgehead atoms. The quantitative estimate of drug-likeness (QED) is 0.548. The van der Waals surface area contributed by atoms with E-state index in [9.17, 15) is 9.59 Å². The number of furan rings is 1. The zero-order chi connectivity index (χ0) is 22.1. The number of nitrogens with one attached hydrogen (secondary N) is 1. The van der Waals surface area contributed by atoms with E-state index in [0.29, 0.717) is 31.9 Å². The molecule has 2 aromatic rings. The zero-order valence-electron chi connectivity index (χ0n) is 18.3. The molecule has 1 aromatic heterocycles. The number of carbonyl (C=O) groups excluding carboxylic acids is 2. The average Bonchev–Trinajstić information content (AvgIpc) is 3.50. The van der Waals surface area contributed by atoms with Crippen molar-refractivity contribution in [2.45, 2.75) is 51.1 Å². The summed E-state index contributed by atoms with van der Waals surface area (Å²) < 4.78 is 16.1. The van der Waals surface area contributed by atoms with E-state index in [2.05, 4.69) is 5.32 Å². The molecule has 7 heteroatoms. The summed E-state index contributed by atoms with van der Waals surface area (Å²) in [5.74, 6) is 0.416. The zero-order valence-corrected chi connectivity index (χ0v) is 18.3. The van der Waals surface area contributed by atoms with Crippen molar-refractivity contribution >= 4 is 11.8 Å². The second kappa shape index (κ2) is 11.6. The van der Waals surface area contributed by atoms with Gasteiger partial charge < -0.3 is 24.1 Å². The number of benzene rings is 1. The van der Waals surface area contributed by atoms with Crippen LogP contribution in [0.3, 0.4) is 0 Å². The average molecular weight is 429 g/mol. The number of rotatable bonds is 11. The molecule has 1 aliphatic rings. The lowest BCUT2D eigenvalue weighted by Crippen LogP contribution is -2.46. The Morgan fingerprint density at radius 3 is 2.55 bits per heavy atom. The van der Waals surface area contributed by atoms with Crippen molar-refractivity contribution in [1.82, 2.24) is 10.2 Å². The van der Waals surface area contributed by atoms with Gasteiger partial charge in [-0.1, -0.05) is 25.0 Å². The molecule has 1 fully saturated rings. The van der Waals surface area contributed by atoms with Crippen LogP contribution < -0.4 is 10.1 Å². The summed E-state index contributed by atoms with van der Waals surface area (Å²) in [7, 11) is 1.60. The summed E-state index contributed by atoms with van der Waals surface area (Å²) >= 11 is 0. The van der Waals surface area contributed by atoms with Gasteiger partial charge >= 0.3 is 0 Å². The molecule has 7 nitrogen and oxygen atoms in total. The third-order valence-electron chi connectivity index (χ3n) is 5.58. The second-order valence-electron chi connectivity index (χ2n) is 7.69. The van der Waals surface area contributed by atoms with Gasteiger partial charge in [0.25, 0.3) is 5.91 Å². The number of ether oxygens (including phenoxy) is 2. The third-order valence-corrected chi connectivity index (χ3v) is 5.58. The van der Waals surface area contributed by atoms with Crippen molar-refractivity contribution in [1.29, 1.82) is 0 Å². The molecule has 0 spiro atoms. The topological polar surface area (TPSA) is 81.0 Å². The highest BCUT2D eigenvalue weighted by molar-refractivity contribution is 5.96. The number of hydrogen-bond acceptors (Lipinski definition) is 5. The van der Waals surface area contributed by atoms with Gasteiger partial charge in [0.2, 0.25) is 5.91 Å². The van der Waals surface area contributed by atoms with E-state index in [0.717, 1.165) is 31.2 Å². The predicted molar refractivity (Wildman–Crippen MR) is 117 cm³/mol. The van der Waals surface area contributed by atoms with Crippen LogP contribution in [0, 0.1) is 0 Å². The fraction of sp³-hybridized carbons (Fsp3) is 0.500. The molecule has 2 amide bonds. The molecule has 0 radical (unpaired) electrons. The van der Waals surface area contributed by atoms with Gasteiger partial charge in [-0.05, 0) is 56.0 Å². The largest absolute Gasteiger partial charge is 0.497 e. The minimum absolute atomic E-state index is 0.150. The number of methoxy groups -OCH3 is 1. The first-order valence-electron chi connectivity index (χ1n) is 11.0. The van der Waals surface area contributed by atoms with Crippen LogP contribution in [-0.2, 0) is 9.53 Å². The molecule has 1 atom stereocenters. The standard InChI is InChI=1S/C24H32N2O5/c1-3-30-16-7-15-26(24(28)21-10-6-17-31-21)22(18-11-13-20(29-2)14-12-18)23(27)25-19-8-4-5-9-19/h6,10-14,17,19,22H,3-5,7-9,15-16H2,1-2H3,(H,25,27)/t22-/m0/s1. The molecule has 1 N–H and O–H groups in total. The lowest BCUT2D eigenvalue weighted by atomic mass is 10.0. The Balaban J connectivity index is 1.91. The minimum atomic E-state index is -0.772. The number of hydrogen-bond donors (Lipinski definition) is 1. The van der Waals surface area contributed by atoms with Crippen LogP contribution in [0.15, 0.2) is 47.1 Å². The van der Waals surface area contributed by atoms with Crippen LogP contribution in [0.25, 0.3) is 0 Å². The summed E-state index contributed by atoms with van der Waals surface area (Å²) in [6, 6.07) is 9.96.